The number of hydrogen-bond acceptors (Lipinski definition) is 7. The van der Waals surface area contributed by atoms with Crippen molar-refractivity contribution in [2.75, 3.05) is 31.1 Å². The third-order valence-electron chi connectivity index (χ3n) is 5.57. The van der Waals surface area contributed by atoms with Crippen molar-refractivity contribution in [3.63, 3.8) is 0 Å². The third kappa shape index (κ3) is 4.65. The molecule has 1 saturated heterocycles. The van der Waals surface area contributed by atoms with Crippen LogP contribution in [-0.4, -0.2) is 47.5 Å². The van der Waals surface area contributed by atoms with Gasteiger partial charge in [-0.3, -0.25) is 10.1 Å². The number of anilines is 1. The molecule has 2 aromatic carbocycles. The molecular weight excluding hydrogens is 481 g/mol. The Morgan fingerprint density at radius 1 is 1.18 bits per heavy atom. The number of nitro benzene ring substituents is 1. The average molecular weight is 499 g/mol. The van der Waals surface area contributed by atoms with Crippen molar-refractivity contribution >= 4 is 46.2 Å². The fraction of sp³-hybridized carbons (Fsp3) is 0.333. The molecule has 0 amide bonds. The van der Waals surface area contributed by atoms with Gasteiger partial charge in [0.05, 0.1) is 15.4 Å². The van der Waals surface area contributed by atoms with Gasteiger partial charge in [-0.2, -0.15) is 13.2 Å². The van der Waals surface area contributed by atoms with Crippen LogP contribution >= 0.6 is 23.4 Å². The lowest BCUT2D eigenvalue weighted by Gasteiger charge is -2.39. The number of aliphatic imine (C=N–C) groups is 1. The fourth-order valence-electron chi connectivity index (χ4n) is 3.88. The first-order chi connectivity index (χ1) is 15.6. The fourth-order valence-corrected chi connectivity index (χ4v) is 5.25. The van der Waals surface area contributed by atoms with E-state index < -0.39 is 28.4 Å². The predicted octanol–water partition coefficient (Wildman–Crippen LogP) is 5.10. The lowest BCUT2D eigenvalue weighted by atomic mass is 10.0. The summed E-state index contributed by atoms with van der Waals surface area (Å²) in [7, 11) is 0. The Morgan fingerprint density at radius 3 is 2.45 bits per heavy atom. The largest absolute Gasteiger partial charge is 0.416 e. The van der Waals surface area contributed by atoms with Crippen molar-refractivity contribution in [2.45, 2.75) is 24.0 Å². The summed E-state index contributed by atoms with van der Waals surface area (Å²) in [5.41, 5.74) is 0.116. The van der Waals surface area contributed by atoms with E-state index in [1.54, 1.807) is 0 Å². The number of carbonyl (C=O) groups excluding carboxylic acids is 1. The van der Waals surface area contributed by atoms with Gasteiger partial charge in [-0.05, 0) is 42.4 Å². The average Bonchev–Trinajstić information content (AvgIpc) is 2.78. The molecular formula is C21H18ClF3N4O3S. The number of carbonyl (C=O) groups is 1. The maximum atomic E-state index is 13.3. The number of amidine groups is 1. The number of thioether (sulfide) groups is 1. The summed E-state index contributed by atoms with van der Waals surface area (Å²) in [5.74, 6) is 0. The van der Waals surface area contributed by atoms with Gasteiger partial charge >= 0.3 is 6.18 Å². The smallest absolute Gasteiger partial charge is 0.368 e. The molecule has 4 rings (SSSR count). The van der Waals surface area contributed by atoms with E-state index in [0.29, 0.717) is 48.7 Å². The first kappa shape index (κ1) is 23.4. The quantitative estimate of drug-likeness (QED) is 0.333. The van der Waals surface area contributed by atoms with Crippen LogP contribution in [0.1, 0.15) is 22.7 Å². The van der Waals surface area contributed by atoms with E-state index >= 15 is 0 Å². The molecule has 1 fully saturated rings. The van der Waals surface area contributed by atoms with Crippen molar-refractivity contribution in [1.29, 1.82) is 0 Å². The number of fused-ring (bicyclic) bond motifs is 1. The van der Waals surface area contributed by atoms with Crippen LogP contribution in [0.15, 0.2) is 40.2 Å². The van der Waals surface area contributed by atoms with Gasteiger partial charge in [0.2, 0.25) is 0 Å². The molecule has 0 aromatic heterocycles. The topological polar surface area (TPSA) is 79.0 Å². The Hall–Kier alpha value is -2.79. The van der Waals surface area contributed by atoms with E-state index in [1.807, 2.05) is 30.0 Å². The predicted molar refractivity (Wildman–Crippen MR) is 120 cm³/mol. The first-order valence-corrected chi connectivity index (χ1v) is 11.1. The molecule has 2 aromatic rings. The summed E-state index contributed by atoms with van der Waals surface area (Å²) in [5, 5.41) is 12.6. The van der Waals surface area contributed by atoms with E-state index in [-0.39, 0.29) is 10.5 Å². The number of aldehydes is 1. The van der Waals surface area contributed by atoms with Crippen molar-refractivity contribution in [2.24, 2.45) is 4.99 Å². The number of hydrogen-bond donors (Lipinski definition) is 0. The highest BCUT2D eigenvalue weighted by molar-refractivity contribution is 8.14. The Labute approximate surface area is 196 Å². The number of benzene rings is 2. The number of nitrogens with zero attached hydrogens (tertiary/aromatic N) is 4. The standard InChI is InChI=1S/C21H18ClF3N4O3S/c1-12-2-3-14(22)10-17(12)27-4-6-28(7-5-27)20-26-16(11-30)15-8-13(21(23,24)25)9-18(29(31)32)19(15)33-20/h2-3,8-11,16H,4-7H2,1H3. The lowest BCUT2D eigenvalue weighted by Crippen LogP contribution is -2.48. The van der Waals surface area contributed by atoms with Crippen LogP contribution in [0.25, 0.3) is 0 Å². The third-order valence-corrected chi connectivity index (χ3v) is 7.00. The molecule has 33 heavy (non-hydrogen) atoms. The van der Waals surface area contributed by atoms with Crippen LogP contribution in [0.5, 0.6) is 0 Å². The molecule has 0 saturated carbocycles. The van der Waals surface area contributed by atoms with Gasteiger partial charge in [-0.15, -0.1) is 0 Å². The summed E-state index contributed by atoms with van der Waals surface area (Å²) in [6, 6.07) is 5.68. The molecule has 174 valence electrons. The second kappa shape index (κ2) is 8.86. The van der Waals surface area contributed by atoms with Crippen molar-refractivity contribution < 1.29 is 22.9 Å². The second-order valence-corrected chi connectivity index (χ2v) is 9.08. The molecule has 0 bridgehead atoms. The van der Waals surface area contributed by atoms with E-state index in [1.165, 1.54) is 0 Å². The van der Waals surface area contributed by atoms with Crippen molar-refractivity contribution in [1.82, 2.24) is 4.90 Å². The number of aryl methyl sites for hydroxylation is 1. The molecule has 1 unspecified atom stereocenters. The number of nitro groups is 1. The summed E-state index contributed by atoms with van der Waals surface area (Å²) in [4.78, 5) is 30.8. The highest BCUT2D eigenvalue weighted by atomic mass is 35.5. The molecule has 0 aliphatic carbocycles. The maximum Gasteiger partial charge on any atom is 0.416 e. The molecule has 2 aliphatic heterocycles. The van der Waals surface area contributed by atoms with E-state index in [4.69, 9.17) is 11.6 Å². The van der Waals surface area contributed by atoms with Crippen LogP contribution in [-0.2, 0) is 11.0 Å². The van der Waals surface area contributed by atoms with Gasteiger partial charge in [-0.25, -0.2) is 4.99 Å². The molecule has 12 heteroatoms. The summed E-state index contributed by atoms with van der Waals surface area (Å²) in [6.45, 7) is 4.27. The van der Waals surface area contributed by atoms with E-state index in [9.17, 15) is 28.1 Å². The van der Waals surface area contributed by atoms with Gasteiger partial charge in [0, 0.05) is 48.5 Å². The molecule has 2 aliphatic rings. The molecule has 0 N–H and O–H groups in total. The number of rotatable bonds is 3. The Balaban J connectivity index is 1.61. The second-order valence-electron chi connectivity index (χ2n) is 7.67. The number of piperazine rings is 1. The van der Waals surface area contributed by atoms with Gasteiger partial charge in [0.1, 0.15) is 12.3 Å². The monoisotopic (exact) mass is 498 g/mol. The maximum absolute atomic E-state index is 13.3. The summed E-state index contributed by atoms with van der Waals surface area (Å²) >= 11 is 7.06. The highest BCUT2D eigenvalue weighted by Gasteiger charge is 2.38. The molecule has 1 atom stereocenters. The normalized spacial score (nSPS) is 18.6. The van der Waals surface area contributed by atoms with Crippen LogP contribution in [0.2, 0.25) is 5.02 Å². The van der Waals surface area contributed by atoms with Crippen LogP contribution in [0.4, 0.5) is 24.5 Å². The van der Waals surface area contributed by atoms with Gasteiger partial charge in [0.25, 0.3) is 5.69 Å². The summed E-state index contributed by atoms with van der Waals surface area (Å²) < 4.78 is 39.8. The SMILES string of the molecule is Cc1ccc(Cl)cc1N1CCN(C2=NC(C=O)c3cc(C(F)(F)F)cc([N+](=O)[O-])c3S2)CC1. The first-order valence-electron chi connectivity index (χ1n) is 9.95. The zero-order chi connectivity index (χ0) is 23.9. The van der Waals surface area contributed by atoms with Crippen molar-refractivity contribution in [3.8, 4) is 0 Å². The van der Waals surface area contributed by atoms with Crippen LogP contribution < -0.4 is 4.90 Å². The minimum Gasteiger partial charge on any atom is -0.368 e. The van der Waals surface area contributed by atoms with E-state index in [0.717, 1.165) is 29.1 Å². The van der Waals surface area contributed by atoms with E-state index in [2.05, 4.69) is 9.89 Å². The number of halogens is 4. The lowest BCUT2D eigenvalue weighted by molar-refractivity contribution is -0.388. The highest BCUT2D eigenvalue weighted by Crippen LogP contribution is 2.45. The molecule has 0 radical (unpaired) electrons. The summed E-state index contributed by atoms with van der Waals surface area (Å²) in [6.07, 6.45) is -4.37. The van der Waals surface area contributed by atoms with Crippen LogP contribution in [0, 0.1) is 17.0 Å². The Kier molecular flexibility index (Phi) is 6.28. The van der Waals surface area contributed by atoms with Crippen molar-refractivity contribution in [3.05, 3.63) is 62.2 Å². The van der Waals surface area contributed by atoms with Gasteiger partial charge < -0.3 is 14.6 Å². The Morgan fingerprint density at radius 2 is 1.85 bits per heavy atom. The minimum absolute atomic E-state index is 0.0169. The minimum atomic E-state index is -4.78. The Bertz CT molecular complexity index is 1150. The molecule has 7 nitrogen and oxygen atoms in total. The molecule has 0 spiro atoms. The zero-order valence-electron chi connectivity index (χ0n) is 17.3. The zero-order valence-corrected chi connectivity index (χ0v) is 18.9. The van der Waals surface area contributed by atoms with Gasteiger partial charge in [-0.1, -0.05) is 17.7 Å². The van der Waals surface area contributed by atoms with Gasteiger partial charge in [0.15, 0.2) is 5.17 Å². The molecule has 2 heterocycles. The number of alkyl halides is 3. The van der Waals surface area contributed by atoms with Crippen LogP contribution in [0.3, 0.4) is 0 Å².